The van der Waals surface area contributed by atoms with Crippen molar-refractivity contribution in [3.05, 3.63) is 28.2 Å². The second-order valence-electron chi connectivity index (χ2n) is 4.71. The van der Waals surface area contributed by atoms with Gasteiger partial charge in [0.15, 0.2) is 0 Å². The van der Waals surface area contributed by atoms with E-state index in [0.29, 0.717) is 13.1 Å². The van der Waals surface area contributed by atoms with Crippen molar-refractivity contribution in [3.8, 4) is 5.75 Å². The van der Waals surface area contributed by atoms with Crippen molar-refractivity contribution in [2.75, 3.05) is 18.1 Å². The first-order valence-electron chi connectivity index (χ1n) is 6.07. The molecule has 3 nitrogen and oxygen atoms in total. The number of aliphatic hydroxyl groups is 1. The third-order valence-electron chi connectivity index (χ3n) is 3.23. The summed E-state index contributed by atoms with van der Waals surface area (Å²) in [5.74, 6) is 2.34. The topological polar surface area (TPSA) is 52.5 Å². The Morgan fingerprint density at radius 1 is 1.33 bits per heavy atom. The maximum Gasteiger partial charge on any atom is 0.120 e. The molecule has 1 aliphatic rings. The first-order valence-corrected chi connectivity index (χ1v) is 8.02. The molecule has 0 unspecified atom stereocenters. The molecule has 0 atom stereocenters. The predicted molar refractivity (Wildman–Crippen MR) is 79.0 cm³/mol. The van der Waals surface area contributed by atoms with Gasteiger partial charge in [-0.05, 0) is 42.5 Å². The summed E-state index contributed by atoms with van der Waals surface area (Å²) in [7, 11) is 0. The number of phenolic OH excluding ortho intramolecular Hbond substituents is 1. The van der Waals surface area contributed by atoms with E-state index >= 15 is 0 Å². The number of rotatable bonds is 4. The van der Waals surface area contributed by atoms with Gasteiger partial charge in [0.1, 0.15) is 5.75 Å². The fraction of sp³-hybridized carbons (Fsp3) is 0.538. The standard InChI is InChI=1S/C13H18BrNO2S/c14-11-1-2-12(16)10(7-11)8-15-9-13(17)3-5-18-6-4-13/h1-2,7,15-17H,3-6,8-9H2. The number of hydrogen-bond donors (Lipinski definition) is 3. The first kappa shape index (κ1) is 14.2. The van der Waals surface area contributed by atoms with Crippen LogP contribution in [0.15, 0.2) is 22.7 Å². The maximum atomic E-state index is 10.3. The molecule has 0 aromatic heterocycles. The molecular formula is C13H18BrNO2S. The highest BCUT2D eigenvalue weighted by atomic mass is 79.9. The van der Waals surface area contributed by atoms with Crippen molar-refractivity contribution >= 4 is 27.7 Å². The molecule has 1 saturated heterocycles. The average molecular weight is 332 g/mol. The Bertz CT molecular complexity index is 408. The van der Waals surface area contributed by atoms with E-state index in [1.165, 1.54) is 0 Å². The Balaban J connectivity index is 1.86. The Kier molecular flexibility index (Phi) is 4.95. The number of thioether (sulfide) groups is 1. The number of phenols is 1. The van der Waals surface area contributed by atoms with Gasteiger partial charge in [0.05, 0.1) is 5.60 Å². The van der Waals surface area contributed by atoms with Gasteiger partial charge in [0, 0.05) is 23.1 Å². The van der Waals surface area contributed by atoms with Crippen molar-refractivity contribution in [1.82, 2.24) is 5.32 Å². The monoisotopic (exact) mass is 331 g/mol. The Morgan fingerprint density at radius 2 is 2.06 bits per heavy atom. The van der Waals surface area contributed by atoms with Gasteiger partial charge in [-0.1, -0.05) is 15.9 Å². The average Bonchev–Trinajstić information content (AvgIpc) is 2.34. The molecule has 1 aliphatic heterocycles. The minimum absolute atomic E-state index is 0.289. The summed E-state index contributed by atoms with van der Waals surface area (Å²) in [6.45, 7) is 1.15. The van der Waals surface area contributed by atoms with E-state index in [1.54, 1.807) is 6.07 Å². The zero-order valence-electron chi connectivity index (χ0n) is 10.2. The van der Waals surface area contributed by atoms with Gasteiger partial charge in [-0.15, -0.1) is 0 Å². The molecule has 3 N–H and O–H groups in total. The molecule has 5 heteroatoms. The van der Waals surface area contributed by atoms with Gasteiger partial charge in [-0.25, -0.2) is 0 Å². The van der Waals surface area contributed by atoms with Crippen LogP contribution < -0.4 is 5.32 Å². The molecule has 0 saturated carbocycles. The molecule has 0 aliphatic carbocycles. The van der Waals surface area contributed by atoms with Crippen LogP contribution in [0.5, 0.6) is 5.75 Å². The number of aromatic hydroxyl groups is 1. The van der Waals surface area contributed by atoms with Crippen molar-refractivity contribution in [2.24, 2.45) is 0 Å². The minimum Gasteiger partial charge on any atom is -0.508 e. The van der Waals surface area contributed by atoms with Gasteiger partial charge in [-0.3, -0.25) is 0 Å². The van der Waals surface area contributed by atoms with Crippen LogP contribution in [0.25, 0.3) is 0 Å². The normalized spacial score (nSPS) is 18.8. The molecule has 1 fully saturated rings. The Labute approximate surface area is 120 Å². The largest absolute Gasteiger partial charge is 0.508 e. The molecular weight excluding hydrogens is 314 g/mol. The third-order valence-corrected chi connectivity index (χ3v) is 4.71. The van der Waals surface area contributed by atoms with Crippen LogP contribution in [0, 0.1) is 0 Å². The lowest BCUT2D eigenvalue weighted by Gasteiger charge is -2.32. The van der Waals surface area contributed by atoms with E-state index < -0.39 is 5.60 Å². The maximum absolute atomic E-state index is 10.3. The first-order chi connectivity index (χ1) is 8.59. The van der Waals surface area contributed by atoms with Crippen LogP contribution in [0.4, 0.5) is 0 Å². The molecule has 100 valence electrons. The quantitative estimate of drug-likeness (QED) is 0.793. The van der Waals surface area contributed by atoms with E-state index in [4.69, 9.17) is 0 Å². The summed E-state index contributed by atoms with van der Waals surface area (Å²) in [6.07, 6.45) is 1.68. The molecule has 2 rings (SSSR count). The number of benzene rings is 1. The van der Waals surface area contributed by atoms with Gasteiger partial charge < -0.3 is 15.5 Å². The number of hydrogen-bond acceptors (Lipinski definition) is 4. The second-order valence-corrected chi connectivity index (χ2v) is 6.85. The van der Waals surface area contributed by atoms with E-state index in [9.17, 15) is 10.2 Å². The van der Waals surface area contributed by atoms with Crippen LogP contribution in [0.2, 0.25) is 0 Å². The summed E-state index contributed by atoms with van der Waals surface area (Å²) in [5.41, 5.74) is 0.269. The molecule has 0 bridgehead atoms. The number of nitrogens with one attached hydrogen (secondary N) is 1. The van der Waals surface area contributed by atoms with E-state index in [1.807, 2.05) is 23.9 Å². The van der Waals surface area contributed by atoms with Crippen molar-refractivity contribution in [1.29, 1.82) is 0 Å². The van der Waals surface area contributed by atoms with Crippen molar-refractivity contribution in [2.45, 2.75) is 25.0 Å². The Hall–Kier alpha value is -0.230. The van der Waals surface area contributed by atoms with E-state index in [2.05, 4.69) is 21.2 Å². The zero-order chi connectivity index (χ0) is 13.0. The van der Waals surface area contributed by atoms with Crippen LogP contribution >= 0.6 is 27.7 Å². The highest BCUT2D eigenvalue weighted by Crippen LogP contribution is 2.27. The van der Waals surface area contributed by atoms with Crippen LogP contribution in [0.1, 0.15) is 18.4 Å². The zero-order valence-corrected chi connectivity index (χ0v) is 12.6. The SMILES string of the molecule is Oc1ccc(Br)cc1CNCC1(O)CCSCC1. The lowest BCUT2D eigenvalue weighted by Crippen LogP contribution is -2.43. The van der Waals surface area contributed by atoms with Crippen LogP contribution in [-0.4, -0.2) is 33.9 Å². The molecule has 18 heavy (non-hydrogen) atoms. The lowest BCUT2D eigenvalue weighted by molar-refractivity contribution is 0.0319. The second kappa shape index (κ2) is 6.28. The number of halogens is 1. The van der Waals surface area contributed by atoms with Crippen molar-refractivity contribution in [3.63, 3.8) is 0 Å². The van der Waals surface area contributed by atoms with Crippen molar-refractivity contribution < 1.29 is 10.2 Å². The molecule has 1 aromatic rings. The highest BCUT2D eigenvalue weighted by Gasteiger charge is 2.28. The summed E-state index contributed by atoms with van der Waals surface area (Å²) in [4.78, 5) is 0. The van der Waals surface area contributed by atoms with Gasteiger partial charge in [0.2, 0.25) is 0 Å². The Morgan fingerprint density at radius 3 is 2.78 bits per heavy atom. The molecule has 0 spiro atoms. The summed E-state index contributed by atoms with van der Waals surface area (Å²) >= 11 is 5.28. The molecule has 0 radical (unpaired) electrons. The van der Waals surface area contributed by atoms with Gasteiger partial charge >= 0.3 is 0 Å². The summed E-state index contributed by atoms with van der Waals surface area (Å²) in [6, 6.07) is 5.38. The summed E-state index contributed by atoms with van der Waals surface area (Å²) < 4.78 is 0.949. The highest BCUT2D eigenvalue weighted by molar-refractivity contribution is 9.10. The van der Waals surface area contributed by atoms with E-state index in [-0.39, 0.29) is 5.75 Å². The smallest absolute Gasteiger partial charge is 0.120 e. The van der Waals surface area contributed by atoms with E-state index in [0.717, 1.165) is 34.4 Å². The lowest BCUT2D eigenvalue weighted by atomic mass is 9.97. The molecule has 1 aromatic carbocycles. The third kappa shape index (κ3) is 3.88. The molecule has 0 amide bonds. The van der Waals surface area contributed by atoms with Crippen LogP contribution in [-0.2, 0) is 6.54 Å². The minimum atomic E-state index is -0.577. The summed E-state index contributed by atoms with van der Waals surface area (Å²) in [5, 5.41) is 23.3. The fourth-order valence-electron chi connectivity index (χ4n) is 2.05. The van der Waals surface area contributed by atoms with Crippen LogP contribution in [0.3, 0.4) is 0 Å². The predicted octanol–water partition coefficient (Wildman–Crippen LogP) is 2.50. The molecule has 1 heterocycles. The van der Waals surface area contributed by atoms with Gasteiger partial charge in [-0.2, -0.15) is 11.8 Å². The van der Waals surface area contributed by atoms with Gasteiger partial charge in [0.25, 0.3) is 0 Å². The fourth-order valence-corrected chi connectivity index (χ4v) is 3.71.